The SMILES string of the molecule is O=S(=O)(c1ccc(Cl)cc1)c1nc(-c2ccccc2Cl)oc1NCCCn1ccnc1. The molecule has 2 heterocycles. The van der Waals surface area contributed by atoms with Crippen LogP contribution in [0.15, 0.2) is 81.6 Å². The summed E-state index contributed by atoms with van der Waals surface area (Å²) in [5, 5.41) is 3.71. The average Bonchev–Trinajstić information content (AvgIpc) is 3.42. The van der Waals surface area contributed by atoms with Crippen molar-refractivity contribution in [2.45, 2.75) is 22.9 Å². The maximum atomic E-state index is 13.3. The van der Waals surface area contributed by atoms with Crippen molar-refractivity contribution in [1.29, 1.82) is 0 Å². The highest BCUT2D eigenvalue weighted by Gasteiger charge is 2.29. The van der Waals surface area contributed by atoms with Crippen molar-refractivity contribution in [3.05, 3.63) is 77.3 Å². The molecular weight excluding hydrogens is 459 g/mol. The zero-order chi connectivity index (χ0) is 21.8. The highest BCUT2D eigenvalue weighted by Crippen LogP contribution is 2.35. The zero-order valence-electron chi connectivity index (χ0n) is 16.2. The fraction of sp³-hybridized carbons (Fsp3) is 0.143. The van der Waals surface area contributed by atoms with Crippen LogP contribution < -0.4 is 5.32 Å². The van der Waals surface area contributed by atoms with Crippen LogP contribution in [0, 0.1) is 0 Å². The van der Waals surface area contributed by atoms with Crippen molar-refractivity contribution >= 4 is 38.9 Å². The molecule has 0 bridgehead atoms. The molecule has 0 spiro atoms. The van der Waals surface area contributed by atoms with E-state index in [9.17, 15) is 8.42 Å². The predicted molar refractivity (Wildman–Crippen MR) is 119 cm³/mol. The molecule has 0 atom stereocenters. The topological polar surface area (TPSA) is 90.0 Å². The number of rotatable bonds is 8. The molecule has 0 amide bonds. The van der Waals surface area contributed by atoms with Gasteiger partial charge in [-0.1, -0.05) is 35.3 Å². The summed E-state index contributed by atoms with van der Waals surface area (Å²) in [4.78, 5) is 8.36. The standard InChI is InChI=1S/C21H18Cl2N4O3S/c22-15-6-8-16(9-7-15)31(28,29)21-20(25-10-3-12-27-13-11-24-14-27)30-19(26-21)17-4-1-2-5-18(17)23/h1-2,4-9,11,13-14,25H,3,10,12H2. The molecule has 31 heavy (non-hydrogen) atoms. The number of oxazole rings is 1. The third-order valence-corrected chi connectivity index (χ3v) is 6.78. The number of aromatic nitrogens is 3. The molecule has 0 unspecified atom stereocenters. The maximum absolute atomic E-state index is 13.3. The van der Waals surface area contributed by atoms with Gasteiger partial charge in [0, 0.05) is 30.5 Å². The minimum atomic E-state index is -3.95. The van der Waals surface area contributed by atoms with E-state index in [1.807, 2.05) is 10.8 Å². The third-order valence-electron chi connectivity index (χ3n) is 4.52. The number of sulfone groups is 1. The summed E-state index contributed by atoms with van der Waals surface area (Å²) in [5.74, 6) is 0.186. The van der Waals surface area contributed by atoms with Crippen LogP contribution in [0.4, 0.5) is 5.88 Å². The summed E-state index contributed by atoms with van der Waals surface area (Å²) in [6.45, 7) is 1.19. The Morgan fingerprint density at radius 2 is 1.84 bits per heavy atom. The van der Waals surface area contributed by atoms with Gasteiger partial charge in [0.05, 0.1) is 21.8 Å². The minimum Gasteiger partial charge on any atom is -0.419 e. The van der Waals surface area contributed by atoms with Crippen LogP contribution in [0.1, 0.15) is 6.42 Å². The molecule has 0 saturated heterocycles. The van der Waals surface area contributed by atoms with Gasteiger partial charge in [0.1, 0.15) is 0 Å². The normalized spacial score (nSPS) is 11.5. The van der Waals surface area contributed by atoms with Crippen molar-refractivity contribution in [3.63, 3.8) is 0 Å². The van der Waals surface area contributed by atoms with Crippen LogP contribution in [-0.4, -0.2) is 29.5 Å². The van der Waals surface area contributed by atoms with Gasteiger partial charge in [-0.15, -0.1) is 0 Å². The number of hydrogen-bond acceptors (Lipinski definition) is 6. The Kier molecular flexibility index (Phi) is 6.31. The van der Waals surface area contributed by atoms with Crippen molar-refractivity contribution in [2.24, 2.45) is 0 Å². The van der Waals surface area contributed by atoms with Crippen LogP contribution in [0.2, 0.25) is 10.0 Å². The molecular formula is C21H18Cl2N4O3S. The van der Waals surface area contributed by atoms with E-state index in [1.165, 1.54) is 24.3 Å². The molecule has 0 radical (unpaired) electrons. The van der Waals surface area contributed by atoms with E-state index in [4.69, 9.17) is 27.6 Å². The molecule has 0 aliphatic rings. The molecule has 4 rings (SSSR count). The van der Waals surface area contributed by atoms with Crippen LogP contribution in [0.3, 0.4) is 0 Å². The fourth-order valence-corrected chi connectivity index (χ4v) is 4.58. The minimum absolute atomic E-state index is 0.0653. The van der Waals surface area contributed by atoms with Crippen molar-refractivity contribution in [1.82, 2.24) is 14.5 Å². The number of benzene rings is 2. The van der Waals surface area contributed by atoms with Crippen molar-refractivity contribution in [3.8, 4) is 11.5 Å². The van der Waals surface area contributed by atoms with E-state index >= 15 is 0 Å². The Labute approximate surface area is 189 Å². The summed E-state index contributed by atoms with van der Waals surface area (Å²) in [6, 6.07) is 12.9. The van der Waals surface area contributed by atoms with E-state index in [0.717, 1.165) is 13.0 Å². The van der Waals surface area contributed by atoms with Crippen LogP contribution >= 0.6 is 23.2 Å². The second-order valence-corrected chi connectivity index (χ2v) is 9.38. The summed E-state index contributed by atoms with van der Waals surface area (Å²) < 4.78 is 34.3. The van der Waals surface area contributed by atoms with Gasteiger partial charge < -0.3 is 14.3 Å². The third kappa shape index (κ3) is 4.76. The molecule has 0 saturated carbocycles. The molecule has 4 aromatic rings. The van der Waals surface area contributed by atoms with Crippen LogP contribution in [0.25, 0.3) is 11.5 Å². The molecule has 2 aromatic heterocycles. The van der Waals surface area contributed by atoms with Gasteiger partial charge >= 0.3 is 0 Å². The molecule has 7 nitrogen and oxygen atoms in total. The van der Waals surface area contributed by atoms with E-state index in [0.29, 0.717) is 22.2 Å². The van der Waals surface area contributed by atoms with Gasteiger partial charge in [-0.3, -0.25) is 0 Å². The van der Waals surface area contributed by atoms with Gasteiger partial charge in [-0.05, 0) is 42.8 Å². The molecule has 1 N–H and O–H groups in total. The highest BCUT2D eigenvalue weighted by atomic mass is 35.5. The lowest BCUT2D eigenvalue weighted by Gasteiger charge is -2.07. The smallest absolute Gasteiger partial charge is 0.233 e. The Morgan fingerprint density at radius 3 is 2.55 bits per heavy atom. The van der Waals surface area contributed by atoms with E-state index in [-0.39, 0.29) is 21.7 Å². The lowest BCUT2D eigenvalue weighted by molar-refractivity contribution is 0.571. The second-order valence-electron chi connectivity index (χ2n) is 6.67. The largest absolute Gasteiger partial charge is 0.419 e. The van der Waals surface area contributed by atoms with Crippen molar-refractivity contribution in [2.75, 3.05) is 11.9 Å². The summed E-state index contributed by atoms with van der Waals surface area (Å²) >= 11 is 12.2. The van der Waals surface area contributed by atoms with Gasteiger partial charge in [0.2, 0.25) is 26.6 Å². The number of aryl methyl sites for hydroxylation is 1. The lowest BCUT2D eigenvalue weighted by Crippen LogP contribution is -2.10. The van der Waals surface area contributed by atoms with Gasteiger partial charge in [0.15, 0.2) is 0 Å². The zero-order valence-corrected chi connectivity index (χ0v) is 18.5. The van der Waals surface area contributed by atoms with Gasteiger partial charge in [-0.2, -0.15) is 4.98 Å². The Balaban J connectivity index is 1.66. The Morgan fingerprint density at radius 1 is 1.06 bits per heavy atom. The van der Waals surface area contributed by atoms with Crippen LogP contribution in [0.5, 0.6) is 0 Å². The van der Waals surface area contributed by atoms with E-state index < -0.39 is 9.84 Å². The number of anilines is 1. The molecule has 0 aliphatic heterocycles. The number of imidazole rings is 1. The summed E-state index contributed by atoms with van der Waals surface area (Å²) in [5.41, 5.74) is 0.503. The first-order chi connectivity index (χ1) is 14.9. The maximum Gasteiger partial charge on any atom is 0.233 e. The fourth-order valence-electron chi connectivity index (χ4n) is 2.96. The molecule has 2 aromatic carbocycles. The highest BCUT2D eigenvalue weighted by molar-refractivity contribution is 7.91. The molecule has 0 aliphatic carbocycles. The molecule has 0 fully saturated rings. The summed E-state index contributed by atoms with van der Waals surface area (Å²) in [7, 11) is -3.95. The van der Waals surface area contributed by atoms with Crippen LogP contribution in [-0.2, 0) is 16.4 Å². The van der Waals surface area contributed by atoms with Gasteiger partial charge in [-0.25, -0.2) is 13.4 Å². The average molecular weight is 477 g/mol. The molecule has 160 valence electrons. The summed E-state index contributed by atoms with van der Waals surface area (Å²) in [6.07, 6.45) is 6.01. The number of halogens is 2. The van der Waals surface area contributed by atoms with Gasteiger partial charge in [0.25, 0.3) is 0 Å². The Bertz CT molecular complexity index is 1270. The number of nitrogens with one attached hydrogen (secondary N) is 1. The first-order valence-electron chi connectivity index (χ1n) is 9.41. The lowest BCUT2D eigenvalue weighted by atomic mass is 10.2. The first kappa shape index (κ1) is 21.4. The predicted octanol–water partition coefficient (Wildman–Crippen LogP) is 5.18. The molecule has 10 heteroatoms. The first-order valence-corrected chi connectivity index (χ1v) is 11.6. The monoisotopic (exact) mass is 476 g/mol. The Hall–Kier alpha value is -2.81. The second kappa shape index (κ2) is 9.13. The van der Waals surface area contributed by atoms with Crippen molar-refractivity contribution < 1.29 is 12.8 Å². The number of hydrogen-bond donors (Lipinski definition) is 1. The van der Waals surface area contributed by atoms with E-state index in [2.05, 4.69) is 15.3 Å². The number of nitrogens with zero attached hydrogens (tertiary/aromatic N) is 3. The quantitative estimate of drug-likeness (QED) is 0.352. The van der Waals surface area contributed by atoms with E-state index in [1.54, 1.807) is 36.8 Å².